The number of nitrogens with zero attached hydrogens (tertiary/aromatic N) is 4. The number of halogens is 2. The standard InChI is InChI=1S/C27H27F2N5O2/c1-18-19(2)34(16-20-7-9-21(28)10-8-20)26(23(18)15-30)31-25(35)17-32-11-13-33(14-12-32)27(36)22-5-3-4-6-24(22)29/h3-10H,11-14,16-17H2,1-2H3,(H,31,35). The molecule has 2 aromatic carbocycles. The van der Waals surface area contributed by atoms with Crippen molar-refractivity contribution in [3.8, 4) is 6.07 Å². The third kappa shape index (κ3) is 5.29. The number of carbonyl (C=O) groups is 2. The minimum atomic E-state index is -0.549. The van der Waals surface area contributed by atoms with Crippen LogP contribution in [0.4, 0.5) is 14.6 Å². The summed E-state index contributed by atoms with van der Waals surface area (Å²) >= 11 is 0. The maximum atomic E-state index is 14.0. The van der Waals surface area contributed by atoms with Gasteiger partial charge in [0.25, 0.3) is 5.91 Å². The van der Waals surface area contributed by atoms with E-state index in [1.807, 2.05) is 23.3 Å². The van der Waals surface area contributed by atoms with Gasteiger partial charge in [-0.2, -0.15) is 5.26 Å². The van der Waals surface area contributed by atoms with E-state index in [2.05, 4.69) is 11.4 Å². The molecule has 36 heavy (non-hydrogen) atoms. The Balaban J connectivity index is 1.41. The molecule has 3 aromatic rings. The molecule has 0 aliphatic carbocycles. The van der Waals surface area contributed by atoms with Crippen molar-refractivity contribution in [1.29, 1.82) is 5.26 Å². The third-order valence-electron chi connectivity index (χ3n) is 6.58. The van der Waals surface area contributed by atoms with Gasteiger partial charge in [0.1, 0.15) is 23.5 Å². The van der Waals surface area contributed by atoms with E-state index in [0.29, 0.717) is 44.1 Å². The van der Waals surface area contributed by atoms with Crippen LogP contribution in [0.3, 0.4) is 0 Å². The molecule has 1 aliphatic rings. The van der Waals surface area contributed by atoms with Crippen molar-refractivity contribution in [3.05, 3.63) is 88.1 Å². The summed E-state index contributed by atoms with van der Waals surface area (Å²) in [6.07, 6.45) is 0. The fourth-order valence-electron chi connectivity index (χ4n) is 4.39. The zero-order chi connectivity index (χ0) is 25.8. The highest BCUT2D eigenvalue weighted by atomic mass is 19.1. The first-order valence-electron chi connectivity index (χ1n) is 11.7. The molecule has 1 fully saturated rings. The Morgan fingerprint density at radius 3 is 2.31 bits per heavy atom. The van der Waals surface area contributed by atoms with E-state index in [1.165, 1.54) is 24.3 Å². The van der Waals surface area contributed by atoms with Crippen molar-refractivity contribution in [2.45, 2.75) is 20.4 Å². The Bertz CT molecular complexity index is 1320. The lowest BCUT2D eigenvalue weighted by Crippen LogP contribution is -2.50. The summed E-state index contributed by atoms with van der Waals surface area (Å²) in [5.41, 5.74) is 2.88. The van der Waals surface area contributed by atoms with Gasteiger partial charge >= 0.3 is 0 Å². The second-order valence-electron chi connectivity index (χ2n) is 8.85. The summed E-state index contributed by atoms with van der Waals surface area (Å²) in [6, 6.07) is 14.2. The SMILES string of the molecule is Cc1c(C#N)c(NC(=O)CN2CCN(C(=O)c3ccccc3F)CC2)n(Cc2ccc(F)cc2)c1C. The summed E-state index contributed by atoms with van der Waals surface area (Å²) < 4.78 is 29.2. The second kappa shape index (κ2) is 10.7. The predicted molar refractivity (Wildman–Crippen MR) is 131 cm³/mol. The lowest BCUT2D eigenvalue weighted by molar-refractivity contribution is -0.117. The van der Waals surface area contributed by atoms with Crippen LogP contribution in [0.2, 0.25) is 0 Å². The van der Waals surface area contributed by atoms with Crippen LogP contribution in [-0.2, 0) is 11.3 Å². The van der Waals surface area contributed by atoms with Crippen LogP contribution in [0.1, 0.15) is 32.7 Å². The molecule has 2 amide bonds. The van der Waals surface area contributed by atoms with Gasteiger partial charge in [-0.3, -0.25) is 14.5 Å². The number of piperazine rings is 1. The van der Waals surface area contributed by atoms with Gasteiger partial charge in [0, 0.05) is 38.4 Å². The number of hydrogen-bond donors (Lipinski definition) is 1. The highest BCUT2D eigenvalue weighted by molar-refractivity contribution is 5.95. The van der Waals surface area contributed by atoms with Gasteiger partial charge < -0.3 is 14.8 Å². The van der Waals surface area contributed by atoms with E-state index in [9.17, 15) is 23.6 Å². The average molecular weight is 492 g/mol. The van der Waals surface area contributed by atoms with Gasteiger partial charge in [-0.1, -0.05) is 24.3 Å². The number of rotatable bonds is 6. The maximum Gasteiger partial charge on any atom is 0.256 e. The first-order chi connectivity index (χ1) is 17.3. The van der Waals surface area contributed by atoms with Gasteiger partial charge in [0.05, 0.1) is 17.7 Å². The normalized spacial score (nSPS) is 13.9. The quantitative estimate of drug-likeness (QED) is 0.570. The molecule has 0 radical (unpaired) electrons. The monoisotopic (exact) mass is 491 g/mol. The maximum absolute atomic E-state index is 14.0. The lowest BCUT2D eigenvalue weighted by atomic mass is 10.1. The largest absolute Gasteiger partial charge is 0.336 e. The van der Waals surface area contributed by atoms with Crippen LogP contribution in [0, 0.1) is 36.8 Å². The van der Waals surface area contributed by atoms with Crippen LogP contribution in [0.25, 0.3) is 0 Å². The Morgan fingerprint density at radius 1 is 1.00 bits per heavy atom. The molecule has 9 heteroatoms. The van der Waals surface area contributed by atoms with Crippen LogP contribution < -0.4 is 5.32 Å². The number of hydrogen-bond acceptors (Lipinski definition) is 4. The molecule has 1 aliphatic heterocycles. The van der Waals surface area contributed by atoms with Gasteiger partial charge in [-0.15, -0.1) is 0 Å². The molecule has 0 atom stereocenters. The predicted octanol–water partition coefficient (Wildman–Crippen LogP) is 3.70. The molecular weight excluding hydrogens is 464 g/mol. The first-order valence-corrected chi connectivity index (χ1v) is 11.7. The number of benzene rings is 2. The van der Waals surface area contributed by atoms with Crippen LogP contribution >= 0.6 is 0 Å². The summed E-state index contributed by atoms with van der Waals surface area (Å²) in [4.78, 5) is 29.1. The minimum Gasteiger partial charge on any atom is -0.336 e. The lowest BCUT2D eigenvalue weighted by Gasteiger charge is -2.34. The molecule has 1 N–H and O–H groups in total. The summed E-state index contributed by atoms with van der Waals surface area (Å²) in [5, 5.41) is 12.6. The molecule has 2 heterocycles. The summed E-state index contributed by atoms with van der Waals surface area (Å²) in [5.74, 6) is -1.11. The van der Waals surface area contributed by atoms with Crippen molar-refractivity contribution in [2.75, 3.05) is 38.0 Å². The molecular formula is C27H27F2N5O2. The number of carbonyl (C=O) groups excluding carboxylic acids is 2. The zero-order valence-electron chi connectivity index (χ0n) is 20.2. The van der Waals surface area contributed by atoms with Crippen molar-refractivity contribution < 1.29 is 18.4 Å². The Labute approximate surface area is 208 Å². The third-order valence-corrected chi connectivity index (χ3v) is 6.58. The van der Waals surface area contributed by atoms with E-state index in [1.54, 1.807) is 29.2 Å². The Morgan fingerprint density at radius 2 is 1.67 bits per heavy atom. The van der Waals surface area contributed by atoms with E-state index in [0.717, 1.165) is 16.8 Å². The van der Waals surface area contributed by atoms with E-state index in [-0.39, 0.29) is 29.7 Å². The zero-order valence-corrected chi connectivity index (χ0v) is 20.2. The molecule has 1 saturated heterocycles. The van der Waals surface area contributed by atoms with Crippen molar-refractivity contribution >= 4 is 17.6 Å². The number of nitrogens with one attached hydrogen (secondary N) is 1. The van der Waals surface area contributed by atoms with Gasteiger partial charge in [-0.25, -0.2) is 8.78 Å². The van der Waals surface area contributed by atoms with E-state index >= 15 is 0 Å². The van der Waals surface area contributed by atoms with Gasteiger partial charge in [0.2, 0.25) is 5.91 Å². The van der Waals surface area contributed by atoms with Crippen molar-refractivity contribution in [1.82, 2.24) is 14.4 Å². The van der Waals surface area contributed by atoms with Crippen LogP contribution in [0.5, 0.6) is 0 Å². The number of aromatic nitrogens is 1. The molecule has 0 saturated carbocycles. The molecule has 7 nitrogen and oxygen atoms in total. The van der Waals surface area contributed by atoms with E-state index < -0.39 is 5.82 Å². The van der Waals surface area contributed by atoms with Crippen LogP contribution in [0.15, 0.2) is 48.5 Å². The molecule has 0 bridgehead atoms. The smallest absolute Gasteiger partial charge is 0.256 e. The first kappa shape index (κ1) is 25.1. The highest BCUT2D eigenvalue weighted by Crippen LogP contribution is 2.27. The van der Waals surface area contributed by atoms with Gasteiger partial charge in [-0.05, 0) is 49.2 Å². The number of nitriles is 1. The van der Waals surface area contributed by atoms with Crippen molar-refractivity contribution in [2.24, 2.45) is 0 Å². The molecule has 0 unspecified atom stereocenters. The molecule has 186 valence electrons. The Kier molecular flexibility index (Phi) is 7.46. The average Bonchev–Trinajstić information content (AvgIpc) is 3.09. The molecule has 4 rings (SSSR count). The molecule has 0 spiro atoms. The fourth-order valence-corrected chi connectivity index (χ4v) is 4.39. The fraction of sp³-hybridized carbons (Fsp3) is 0.296. The number of anilines is 1. The van der Waals surface area contributed by atoms with Crippen molar-refractivity contribution in [3.63, 3.8) is 0 Å². The topological polar surface area (TPSA) is 81.4 Å². The van der Waals surface area contributed by atoms with Gasteiger partial charge in [0.15, 0.2) is 0 Å². The Hall–Kier alpha value is -4.03. The summed E-state index contributed by atoms with van der Waals surface area (Å²) in [6.45, 7) is 5.86. The second-order valence-corrected chi connectivity index (χ2v) is 8.85. The highest BCUT2D eigenvalue weighted by Gasteiger charge is 2.26. The molecule has 1 aromatic heterocycles. The minimum absolute atomic E-state index is 0.0420. The van der Waals surface area contributed by atoms with E-state index in [4.69, 9.17) is 0 Å². The van der Waals surface area contributed by atoms with Crippen LogP contribution in [-0.4, -0.2) is 58.9 Å². The summed E-state index contributed by atoms with van der Waals surface area (Å²) in [7, 11) is 0. The number of amides is 2.